The van der Waals surface area contributed by atoms with Gasteiger partial charge in [-0.15, -0.1) is 11.3 Å². The lowest BCUT2D eigenvalue weighted by atomic mass is 10.1. The first-order valence-corrected chi connectivity index (χ1v) is 10.5. The molecule has 30 heavy (non-hydrogen) atoms. The Hall–Kier alpha value is -2.64. The third-order valence-electron chi connectivity index (χ3n) is 4.73. The number of aromatic nitrogens is 1. The molecule has 4 nitrogen and oxygen atoms in total. The van der Waals surface area contributed by atoms with Gasteiger partial charge in [0.25, 0.3) is 5.91 Å². The molecule has 158 valence electrons. The molecule has 0 spiro atoms. The summed E-state index contributed by atoms with van der Waals surface area (Å²) in [6, 6.07) is 12.8. The van der Waals surface area contributed by atoms with Crippen LogP contribution in [0.15, 0.2) is 48.5 Å². The second-order valence-electron chi connectivity index (χ2n) is 7.45. The Morgan fingerprint density at radius 2 is 1.73 bits per heavy atom. The maximum absolute atomic E-state index is 14.2. The van der Waals surface area contributed by atoms with Crippen LogP contribution in [-0.2, 0) is 13.0 Å². The molecule has 0 aliphatic carbocycles. The number of hydrogen-bond acceptors (Lipinski definition) is 4. The lowest BCUT2D eigenvalue weighted by Crippen LogP contribution is -2.36. The summed E-state index contributed by atoms with van der Waals surface area (Å²) in [5.41, 5.74) is 2.07. The number of halogens is 2. The van der Waals surface area contributed by atoms with Crippen LogP contribution in [0.5, 0.6) is 0 Å². The van der Waals surface area contributed by atoms with Gasteiger partial charge >= 0.3 is 0 Å². The van der Waals surface area contributed by atoms with E-state index >= 15 is 0 Å². The average molecular weight is 430 g/mol. The van der Waals surface area contributed by atoms with Crippen LogP contribution in [-0.4, -0.2) is 47.9 Å². The second kappa shape index (κ2) is 9.91. The van der Waals surface area contributed by atoms with Crippen LogP contribution in [0.2, 0.25) is 0 Å². The lowest BCUT2D eigenvalue weighted by Gasteiger charge is -2.24. The fourth-order valence-electron chi connectivity index (χ4n) is 3.05. The molecule has 7 heteroatoms. The van der Waals surface area contributed by atoms with Gasteiger partial charge in [0.2, 0.25) is 0 Å². The van der Waals surface area contributed by atoms with Crippen molar-refractivity contribution >= 4 is 17.2 Å². The van der Waals surface area contributed by atoms with Gasteiger partial charge in [0.05, 0.1) is 10.7 Å². The molecule has 0 N–H and O–H groups in total. The van der Waals surface area contributed by atoms with Gasteiger partial charge in [0, 0.05) is 31.6 Å². The third kappa shape index (κ3) is 5.70. The zero-order chi connectivity index (χ0) is 21.7. The van der Waals surface area contributed by atoms with Crippen LogP contribution in [0, 0.1) is 18.6 Å². The lowest BCUT2D eigenvalue weighted by molar-refractivity contribution is 0.0734. The predicted octanol–water partition coefficient (Wildman–Crippen LogP) is 4.52. The Labute approximate surface area is 179 Å². The van der Waals surface area contributed by atoms with E-state index in [-0.39, 0.29) is 24.1 Å². The van der Waals surface area contributed by atoms with E-state index in [0.717, 1.165) is 10.6 Å². The summed E-state index contributed by atoms with van der Waals surface area (Å²) in [6.45, 7) is 3.15. The SMILES string of the molecule is Cc1nc(Cc2ccc(F)cc2)sc1C(=O)N(CCN(C)C)Cc1ccccc1F. The largest absolute Gasteiger partial charge is 0.332 e. The van der Waals surface area contributed by atoms with E-state index in [1.165, 1.54) is 29.5 Å². The van der Waals surface area contributed by atoms with Gasteiger partial charge in [-0.25, -0.2) is 13.8 Å². The summed E-state index contributed by atoms with van der Waals surface area (Å²) in [5.74, 6) is -0.756. The highest BCUT2D eigenvalue weighted by Crippen LogP contribution is 2.24. The van der Waals surface area contributed by atoms with Gasteiger partial charge in [0.15, 0.2) is 0 Å². The number of rotatable bonds is 8. The molecular formula is C23H25F2N3OS. The van der Waals surface area contributed by atoms with Crippen LogP contribution in [0.1, 0.15) is 31.5 Å². The monoisotopic (exact) mass is 429 g/mol. The number of carbonyl (C=O) groups excluding carboxylic acids is 1. The molecule has 1 amide bonds. The predicted molar refractivity (Wildman–Crippen MR) is 116 cm³/mol. The molecule has 2 aromatic carbocycles. The van der Waals surface area contributed by atoms with Crippen molar-refractivity contribution in [2.45, 2.75) is 19.9 Å². The molecule has 0 aliphatic rings. The summed E-state index contributed by atoms with van der Waals surface area (Å²) in [5, 5.41) is 0.793. The Balaban J connectivity index is 1.81. The molecule has 0 aliphatic heterocycles. The van der Waals surface area contributed by atoms with E-state index in [1.807, 2.05) is 25.9 Å². The third-order valence-corrected chi connectivity index (χ3v) is 5.87. The van der Waals surface area contributed by atoms with Crippen LogP contribution < -0.4 is 0 Å². The van der Waals surface area contributed by atoms with Crippen molar-refractivity contribution < 1.29 is 13.6 Å². The fraction of sp³-hybridized carbons (Fsp3) is 0.304. The zero-order valence-corrected chi connectivity index (χ0v) is 18.2. The summed E-state index contributed by atoms with van der Waals surface area (Å²) in [4.78, 5) is 22.1. The van der Waals surface area contributed by atoms with Gasteiger partial charge < -0.3 is 9.80 Å². The van der Waals surface area contributed by atoms with Crippen molar-refractivity contribution in [3.05, 3.63) is 86.9 Å². The summed E-state index contributed by atoms with van der Waals surface area (Å²) < 4.78 is 27.3. The summed E-state index contributed by atoms with van der Waals surface area (Å²) in [6.07, 6.45) is 0.532. The van der Waals surface area contributed by atoms with Crippen molar-refractivity contribution in [3.63, 3.8) is 0 Å². The van der Waals surface area contributed by atoms with E-state index in [0.29, 0.717) is 35.6 Å². The average Bonchev–Trinajstić information content (AvgIpc) is 3.07. The van der Waals surface area contributed by atoms with Gasteiger partial charge in [-0.05, 0) is 44.8 Å². The Kier molecular flexibility index (Phi) is 7.29. The molecule has 3 rings (SSSR count). The van der Waals surface area contributed by atoms with Crippen LogP contribution in [0.25, 0.3) is 0 Å². The van der Waals surface area contributed by atoms with E-state index in [4.69, 9.17) is 0 Å². The van der Waals surface area contributed by atoms with Crippen molar-refractivity contribution in [1.82, 2.24) is 14.8 Å². The molecule has 0 radical (unpaired) electrons. The second-order valence-corrected chi connectivity index (χ2v) is 8.53. The van der Waals surface area contributed by atoms with Crippen molar-refractivity contribution in [2.75, 3.05) is 27.2 Å². The quantitative estimate of drug-likeness (QED) is 0.528. The molecule has 3 aromatic rings. The topological polar surface area (TPSA) is 36.4 Å². The van der Waals surface area contributed by atoms with E-state index in [1.54, 1.807) is 35.2 Å². The summed E-state index contributed by atoms with van der Waals surface area (Å²) >= 11 is 1.34. The maximum atomic E-state index is 14.2. The summed E-state index contributed by atoms with van der Waals surface area (Å²) in [7, 11) is 3.87. The van der Waals surface area contributed by atoms with Gasteiger partial charge in [0.1, 0.15) is 16.5 Å². The van der Waals surface area contributed by atoms with Gasteiger partial charge in [-0.3, -0.25) is 4.79 Å². The molecule has 0 atom stereocenters. The Bertz CT molecular complexity index is 1000. The molecule has 0 fully saturated rings. The minimum absolute atomic E-state index is 0.152. The first-order valence-electron chi connectivity index (χ1n) is 9.71. The number of amides is 1. The smallest absolute Gasteiger partial charge is 0.266 e. The fourth-order valence-corrected chi connectivity index (χ4v) is 4.12. The minimum atomic E-state index is -0.321. The van der Waals surface area contributed by atoms with E-state index in [9.17, 15) is 13.6 Å². The van der Waals surface area contributed by atoms with Gasteiger partial charge in [-0.2, -0.15) is 0 Å². The van der Waals surface area contributed by atoms with Gasteiger partial charge in [-0.1, -0.05) is 30.3 Å². The molecular weight excluding hydrogens is 404 g/mol. The highest BCUT2D eigenvalue weighted by Gasteiger charge is 2.23. The molecule has 0 bridgehead atoms. The first kappa shape index (κ1) is 22.1. The molecule has 0 saturated carbocycles. The highest BCUT2D eigenvalue weighted by atomic mass is 32.1. The normalized spacial score (nSPS) is 11.1. The first-order chi connectivity index (χ1) is 14.3. The zero-order valence-electron chi connectivity index (χ0n) is 17.4. The van der Waals surface area contributed by atoms with E-state index in [2.05, 4.69) is 4.98 Å². The van der Waals surface area contributed by atoms with E-state index < -0.39 is 0 Å². The number of carbonyl (C=O) groups is 1. The number of benzene rings is 2. The van der Waals surface area contributed by atoms with Crippen molar-refractivity contribution in [1.29, 1.82) is 0 Å². The highest BCUT2D eigenvalue weighted by molar-refractivity contribution is 7.13. The van der Waals surface area contributed by atoms with Crippen LogP contribution in [0.4, 0.5) is 8.78 Å². The van der Waals surface area contributed by atoms with Crippen molar-refractivity contribution in [3.8, 4) is 0 Å². The number of hydrogen-bond donors (Lipinski definition) is 0. The number of nitrogens with zero attached hydrogens (tertiary/aromatic N) is 3. The Morgan fingerprint density at radius 3 is 2.40 bits per heavy atom. The molecule has 0 unspecified atom stereocenters. The van der Waals surface area contributed by atoms with Crippen molar-refractivity contribution in [2.24, 2.45) is 0 Å². The standard InChI is InChI=1S/C23H25F2N3OS/c1-16-22(30-21(26-16)14-17-8-10-19(24)11-9-17)23(29)28(13-12-27(2)3)15-18-6-4-5-7-20(18)25/h4-11H,12-15H2,1-3H3. The molecule has 0 saturated heterocycles. The number of thiazole rings is 1. The number of aryl methyl sites for hydroxylation is 1. The molecule has 1 aromatic heterocycles. The number of likely N-dealkylation sites (N-methyl/N-ethyl adjacent to an activating group) is 1. The Morgan fingerprint density at radius 1 is 1.03 bits per heavy atom. The minimum Gasteiger partial charge on any atom is -0.332 e. The maximum Gasteiger partial charge on any atom is 0.266 e. The molecule has 1 heterocycles. The van der Waals surface area contributed by atoms with Crippen LogP contribution in [0.3, 0.4) is 0 Å². The van der Waals surface area contributed by atoms with Crippen LogP contribution >= 0.6 is 11.3 Å².